The van der Waals surface area contributed by atoms with Gasteiger partial charge in [-0.3, -0.25) is 4.79 Å². The number of esters is 1. The van der Waals surface area contributed by atoms with E-state index in [1.807, 2.05) is 27.7 Å². The first-order chi connectivity index (χ1) is 12.7. The summed E-state index contributed by atoms with van der Waals surface area (Å²) in [6, 6.07) is 0.540. The average Bonchev–Trinajstić information content (AvgIpc) is 3.09. The van der Waals surface area contributed by atoms with E-state index in [1.54, 1.807) is 12.0 Å². The largest absolute Gasteiger partial charge is 0.466 e. The Labute approximate surface area is 164 Å². The Bertz CT molecular complexity index is 444. The smallest absolute Gasteiger partial charge is 0.410 e. The van der Waals surface area contributed by atoms with Gasteiger partial charge in [0.25, 0.3) is 0 Å². The summed E-state index contributed by atoms with van der Waals surface area (Å²) in [7, 11) is 1.63. The predicted molar refractivity (Wildman–Crippen MR) is 105 cm³/mol. The number of nitrogens with one attached hydrogen (secondary N) is 1. The Morgan fingerprint density at radius 3 is 2.44 bits per heavy atom. The zero-order chi connectivity index (χ0) is 20.3. The summed E-state index contributed by atoms with van der Waals surface area (Å²) in [6.45, 7) is 9.27. The van der Waals surface area contributed by atoms with E-state index in [0.29, 0.717) is 38.7 Å². The van der Waals surface area contributed by atoms with Crippen LogP contribution in [0, 0.1) is 0 Å². The van der Waals surface area contributed by atoms with Crippen molar-refractivity contribution in [1.29, 1.82) is 0 Å². The minimum absolute atomic E-state index is 0.0534. The number of hydrogen-bond donors (Lipinski definition) is 1. The zero-order valence-corrected chi connectivity index (χ0v) is 17.7. The quantitative estimate of drug-likeness (QED) is 0.550. The molecule has 0 aromatic carbocycles. The summed E-state index contributed by atoms with van der Waals surface area (Å²) in [5.74, 6) is -0.310. The lowest BCUT2D eigenvalue weighted by molar-refractivity contribution is -0.144. The topological polar surface area (TPSA) is 77.1 Å². The Hall–Kier alpha value is -1.34. The Morgan fingerprint density at radius 2 is 1.85 bits per heavy atom. The molecule has 0 radical (unpaired) electrons. The van der Waals surface area contributed by atoms with Crippen LogP contribution in [0.5, 0.6) is 0 Å². The van der Waals surface area contributed by atoms with Gasteiger partial charge in [-0.15, -0.1) is 0 Å². The van der Waals surface area contributed by atoms with Crippen LogP contribution in [-0.2, 0) is 19.0 Å². The van der Waals surface area contributed by atoms with Crippen LogP contribution in [0.15, 0.2) is 0 Å². The van der Waals surface area contributed by atoms with Crippen LogP contribution < -0.4 is 5.32 Å². The maximum Gasteiger partial charge on any atom is 0.410 e. The van der Waals surface area contributed by atoms with Gasteiger partial charge in [-0.1, -0.05) is 12.8 Å². The minimum atomic E-state index is -0.564. The first-order valence-electron chi connectivity index (χ1n) is 10.1. The third-order valence-electron chi connectivity index (χ3n) is 4.60. The van der Waals surface area contributed by atoms with Gasteiger partial charge in [-0.05, 0) is 40.5 Å². The van der Waals surface area contributed by atoms with Crippen molar-refractivity contribution in [2.75, 3.05) is 33.4 Å². The van der Waals surface area contributed by atoms with E-state index in [0.717, 1.165) is 0 Å². The van der Waals surface area contributed by atoms with Crippen LogP contribution in [0.3, 0.4) is 0 Å². The molecule has 1 aliphatic carbocycles. The van der Waals surface area contributed by atoms with E-state index in [-0.39, 0.29) is 18.5 Å². The van der Waals surface area contributed by atoms with Crippen molar-refractivity contribution < 1.29 is 23.8 Å². The summed E-state index contributed by atoms with van der Waals surface area (Å²) in [6.07, 6.45) is 5.39. The molecule has 0 aromatic rings. The molecule has 1 N–H and O–H groups in total. The molecule has 1 aliphatic rings. The van der Waals surface area contributed by atoms with Crippen LogP contribution in [0.25, 0.3) is 0 Å². The van der Waals surface area contributed by atoms with Crippen LogP contribution >= 0.6 is 0 Å². The summed E-state index contributed by atoms with van der Waals surface area (Å²) < 4.78 is 15.8. The molecule has 0 heterocycles. The predicted octanol–water partition coefficient (Wildman–Crippen LogP) is 3.11. The molecule has 27 heavy (non-hydrogen) atoms. The highest BCUT2D eigenvalue weighted by Gasteiger charge is 2.23. The van der Waals surface area contributed by atoms with Crippen molar-refractivity contribution in [3.63, 3.8) is 0 Å². The van der Waals surface area contributed by atoms with E-state index in [2.05, 4.69) is 5.32 Å². The van der Waals surface area contributed by atoms with Crippen LogP contribution in [-0.4, -0.2) is 68.1 Å². The first kappa shape index (κ1) is 23.7. The van der Waals surface area contributed by atoms with Crippen molar-refractivity contribution in [3.8, 4) is 0 Å². The average molecular weight is 387 g/mol. The molecule has 1 fully saturated rings. The van der Waals surface area contributed by atoms with Gasteiger partial charge in [0.05, 0.1) is 19.1 Å². The fourth-order valence-corrected chi connectivity index (χ4v) is 2.91. The van der Waals surface area contributed by atoms with Gasteiger partial charge < -0.3 is 24.4 Å². The van der Waals surface area contributed by atoms with E-state index >= 15 is 0 Å². The normalized spacial score (nSPS) is 16.2. The molecule has 1 saturated carbocycles. The van der Waals surface area contributed by atoms with Gasteiger partial charge in [-0.25, -0.2) is 4.79 Å². The number of nitrogens with zero attached hydrogens (tertiary/aromatic N) is 1. The van der Waals surface area contributed by atoms with E-state index < -0.39 is 11.7 Å². The number of carbonyl (C=O) groups is 2. The van der Waals surface area contributed by atoms with Gasteiger partial charge in [0, 0.05) is 39.2 Å². The summed E-state index contributed by atoms with van der Waals surface area (Å²) in [5.41, 5.74) is -0.564. The van der Waals surface area contributed by atoms with Crippen LogP contribution in [0.1, 0.15) is 66.2 Å². The monoisotopic (exact) mass is 386 g/mol. The fraction of sp³-hybridized carbons (Fsp3) is 0.900. The molecule has 0 aliphatic heterocycles. The molecular weight excluding hydrogens is 348 g/mol. The molecule has 158 valence electrons. The maximum absolute atomic E-state index is 12.4. The first-order valence-corrected chi connectivity index (χ1v) is 10.1. The highest BCUT2D eigenvalue weighted by Crippen LogP contribution is 2.17. The van der Waals surface area contributed by atoms with Crippen molar-refractivity contribution in [2.24, 2.45) is 0 Å². The second-order valence-corrected chi connectivity index (χ2v) is 8.21. The van der Waals surface area contributed by atoms with Gasteiger partial charge in [0.15, 0.2) is 0 Å². The van der Waals surface area contributed by atoms with Crippen molar-refractivity contribution >= 4 is 12.1 Å². The Balaban J connectivity index is 2.41. The van der Waals surface area contributed by atoms with Crippen LogP contribution in [0.2, 0.25) is 0 Å². The summed E-state index contributed by atoms with van der Waals surface area (Å²) >= 11 is 0. The number of hydrogen-bond acceptors (Lipinski definition) is 6. The third kappa shape index (κ3) is 11.2. The van der Waals surface area contributed by atoms with E-state index in [1.165, 1.54) is 25.7 Å². The molecule has 7 nitrogen and oxygen atoms in total. The molecule has 7 heteroatoms. The minimum Gasteiger partial charge on any atom is -0.466 e. The molecule has 1 atom stereocenters. The lowest BCUT2D eigenvalue weighted by atomic mass is 10.2. The molecule has 0 unspecified atom stereocenters. The molecular formula is C20H38N2O5. The van der Waals surface area contributed by atoms with Gasteiger partial charge >= 0.3 is 12.1 Å². The van der Waals surface area contributed by atoms with Crippen molar-refractivity contribution in [2.45, 2.75) is 84.0 Å². The van der Waals surface area contributed by atoms with Crippen molar-refractivity contribution in [3.05, 3.63) is 0 Å². The van der Waals surface area contributed by atoms with E-state index in [4.69, 9.17) is 14.2 Å². The third-order valence-corrected chi connectivity index (χ3v) is 4.60. The number of methoxy groups -OCH3 is 1. The molecule has 1 amide bonds. The lowest BCUT2D eigenvalue weighted by Crippen LogP contribution is -2.42. The van der Waals surface area contributed by atoms with Crippen LogP contribution in [0.4, 0.5) is 4.79 Å². The second kappa shape index (κ2) is 12.2. The lowest BCUT2D eigenvalue weighted by Gasteiger charge is -2.27. The highest BCUT2D eigenvalue weighted by atomic mass is 16.6. The summed E-state index contributed by atoms with van der Waals surface area (Å²) in [4.78, 5) is 26.0. The van der Waals surface area contributed by atoms with Gasteiger partial charge in [-0.2, -0.15) is 0 Å². The zero-order valence-electron chi connectivity index (χ0n) is 17.7. The number of rotatable bonds is 11. The van der Waals surface area contributed by atoms with Crippen molar-refractivity contribution in [1.82, 2.24) is 10.2 Å². The number of ether oxygens (including phenoxy) is 3. The van der Waals surface area contributed by atoms with E-state index in [9.17, 15) is 9.59 Å². The molecule has 0 spiro atoms. The second-order valence-electron chi connectivity index (χ2n) is 8.21. The Morgan fingerprint density at radius 1 is 1.19 bits per heavy atom. The summed E-state index contributed by atoms with van der Waals surface area (Å²) in [5, 5.41) is 3.49. The Kier molecular flexibility index (Phi) is 10.7. The molecule has 0 aromatic heterocycles. The molecule has 0 saturated heterocycles. The molecule has 0 bridgehead atoms. The standard InChI is InChI=1S/C20H38N2O5/c1-16(25-5)11-15-26-18(23)10-13-22(19(24)27-20(2,3)4)14-12-21-17-8-6-7-9-17/h16-17,21H,6-15H2,1-5H3/t16-/m0/s1. The number of amides is 1. The van der Waals surface area contributed by atoms with Gasteiger partial charge in [0.2, 0.25) is 0 Å². The van der Waals surface area contributed by atoms with Gasteiger partial charge in [0.1, 0.15) is 5.60 Å². The maximum atomic E-state index is 12.4. The highest BCUT2D eigenvalue weighted by molar-refractivity contribution is 5.72. The molecule has 1 rings (SSSR count). The fourth-order valence-electron chi connectivity index (χ4n) is 2.91. The number of carbonyl (C=O) groups excluding carboxylic acids is 2. The SMILES string of the molecule is CO[C@@H](C)CCOC(=O)CCN(CCNC1CCCC1)C(=O)OC(C)(C)C.